The molecule has 1 aliphatic rings. The summed E-state index contributed by atoms with van der Waals surface area (Å²) in [7, 11) is 3.37. The van der Waals surface area contributed by atoms with Crippen molar-refractivity contribution in [3.63, 3.8) is 0 Å². The lowest BCUT2D eigenvalue weighted by Crippen LogP contribution is -2.33. The lowest BCUT2D eigenvalue weighted by atomic mass is 9.89. The van der Waals surface area contributed by atoms with Crippen molar-refractivity contribution in [3.05, 3.63) is 83.3 Å². The maximum Gasteiger partial charge on any atom is 0.161 e. The molecule has 26 heavy (non-hydrogen) atoms. The second kappa shape index (κ2) is 7.26. The Labute approximate surface area is 154 Å². The number of hydrogen-bond donors (Lipinski definition) is 0. The molecule has 0 bridgehead atoms. The van der Waals surface area contributed by atoms with Crippen LogP contribution in [0.3, 0.4) is 0 Å². The molecule has 1 aromatic heterocycles. The van der Waals surface area contributed by atoms with E-state index in [4.69, 9.17) is 13.9 Å². The van der Waals surface area contributed by atoms with E-state index in [1.807, 2.05) is 12.1 Å². The molecule has 4 heteroatoms. The van der Waals surface area contributed by atoms with Crippen LogP contribution in [-0.4, -0.2) is 19.1 Å². The van der Waals surface area contributed by atoms with Gasteiger partial charge in [0.1, 0.15) is 5.76 Å². The highest BCUT2D eigenvalue weighted by molar-refractivity contribution is 5.49. The summed E-state index contributed by atoms with van der Waals surface area (Å²) >= 11 is 0. The number of fused-ring (bicyclic) bond motifs is 1. The average molecular weight is 349 g/mol. The van der Waals surface area contributed by atoms with Crippen LogP contribution in [0.4, 0.5) is 0 Å². The Bertz CT molecular complexity index is 859. The van der Waals surface area contributed by atoms with Crippen molar-refractivity contribution in [2.24, 2.45) is 0 Å². The van der Waals surface area contributed by atoms with Gasteiger partial charge in [-0.1, -0.05) is 30.3 Å². The Kier molecular flexibility index (Phi) is 4.67. The Balaban J connectivity index is 1.72. The number of ether oxygens (including phenoxy) is 2. The summed E-state index contributed by atoms with van der Waals surface area (Å²) in [4.78, 5) is 2.46. The molecule has 4 rings (SSSR count). The van der Waals surface area contributed by atoms with E-state index in [0.717, 1.165) is 36.8 Å². The smallest absolute Gasteiger partial charge is 0.161 e. The molecule has 3 aromatic rings. The van der Waals surface area contributed by atoms with E-state index in [0.29, 0.717) is 6.04 Å². The van der Waals surface area contributed by atoms with Gasteiger partial charge in [0.05, 0.1) is 27.0 Å². The molecule has 0 radical (unpaired) electrons. The van der Waals surface area contributed by atoms with Crippen LogP contribution in [0.1, 0.15) is 28.5 Å². The van der Waals surface area contributed by atoms with Crippen molar-refractivity contribution in [1.82, 2.24) is 4.90 Å². The number of methoxy groups -OCH3 is 2. The first kappa shape index (κ1) is 16.7. The van der Waals surface area contributed by atoms with Gasteiger partial charge >= 0.3 is 0 Å². The predicted molar refractivity (Wildman–Crippen MR) is 100 cm³/mol. The van der Waals surface area contributed by atoms with Crippen LogP contribution < -0.4 is 9.47 Å². The van der Waals surface area contributed by atoms with Crippen LogP contribution in [0.15, 0.2) is 65.3 Å². The SMILES string of the molecule is COc1cc2c(cc1OC)CN(Cc1ccco1)C(c1ccccc1)C2. The molecule has 134 valence electrons. The third-order valence-electron chi connectivity index (χ3n) is 5.06. The van der Waals surface area contributed by atoms with Gasteiger partial charge in [0, 0.05) is 12.6 Å². The fraction of sp³-hybridized carbons (Fsp3) is 0.273. The summed E-state index contributed by atoms with van der Waals surface area (Å²) in [6.07, 6.45) is 2.67. The van der Waals surface area contributed by atoms with Crippen LogP contribution in [0.2, 0.25) is 0 Å². The second-order valence-electron chi connectivity index (χ2n) is 6.59. The number of rotatable bonds is 5. The summed E-state index contributed by atoms with van der Waals surface area (Å²) in [5.41, 5.74) is 3.91. The lowest BCUT2D eigenvalue weighted by Gasteiger charge is -2.37. The quantitative estimate of drug-likeness (QED) is 0.674. The zero-order valence-corrected chi connectivity index (χ0v) is 15.1. The monoisotopic (exact) mass is 349 g/mol. The van der Waals surface area contributed by atoms with Gasteiger partial charge in [-0.05, 0) is 47.4 Å². The normalized spacial score (nSPS) is 16.9. The highest BCUT2D eigenvalue weighted by atomic mass is 16.5. The summed E-state index contributed by atoms with van der Waals surface area (Å²) < 4.78 is 16.6. The molecule has 0 saturated carbocycles. The van der Waals surface area contributed by atoms with Gasteiger partial charge in [0.15, 0.2) is 11.5 Å². The highest BCUT2D eigenvalue weighted by Crippen LogP contribution is 2.39. The third kappa shape index (κ3) is 3.20. The van der Waals surface area contributed by atoms with Crippen LogP contribution in [0.25, 0.3) is 0 Å². The molecule has 2 aromatic carbocycles. The minimum absolute atomic E-state index is 0.298. The van der Waals surface area contributed by atoms with E-state index >= 15 is 0 Å². The van der Waals surface area contributed by atoms with E-state index in [9.17, 15) is 0 Å². The standard InChI is InChI=1S/C22H23NO3/c1-24-21-12-17-11-20(16-7-4-3-5-8-16)23(15-19-9-6-10-26-19)14-18(17)13-22(21)25-2/h3-10,12-13,20H,11,14-15H2,1-2H3. The summed E-state index contributed by atoms with van der Waals surface area (Å²) in [5.74, 6) is 2.55. The molecule has 1 unspecified atom stereocenters. The van der Waals surface area contributed by atoms with Crippen molar-refractivity contribution in [1.29, 1.82) is 0 Å². The summed E-state index contributed by atoms with van der Waals surface area (Å²) in [6, 6.07) is 19.2. The molecule has 0 fully saturated rings. The van der Waals surface area contributed by atoms with Crippen LogP contribution in [-0.2, 0) is 19.5 Å². The fourth-order valence-electron chi connectivity index (χ4n) is 3.74. The van der Waals surface area contributed by atoms with Gasteiger partial charge in [-0.25, -0.2) is 0 Å². The molecule has 0 spiro atoms. The number of hydrogen-bond acceptors (Lipinski definition) is 4. The first-order valence-corrected chi connectivity index (χ1v) is 8.83. The Hall–Kier alpha value is -2.72. The minimum atomic E-state index is 0.298. The lowest BCUT2D eigenvalue weighted by molar-refractivity contribution is 0.150. The van der Waals surface area contributed by atoms with Gasteiger partial charge in [-0.3, -0.25) is 4.90 Å². The van der Waals surface area contributed by atoms with E-state index < -0.39 is 0 Å². The molecule has 0 N–H and O–H groups in total. The van der Waals surface area contributed by atoms with Gasteiger partial charge in [0.2, 0.25) is 0 Å². The van der Waals surface area contributed by atoms with Gasteiger partial charge in [-0.2, -0.15) is 0 Å². The van der Waals surface area contributed by atoms with Crippen LogP contribution in [0, 0.1) is 0 Å². The molecule has 1 atom stereocenters. The first-order valence-electron chi connectivity index (χ1n) is 8.83. The van der Waals surface area contributed by atoms with Crippen molar-refractivity contribution in [2.45, 2.75) is 25.6 Å². The van der Waals surface area contributed by atoms with E-state index in [1.54, 1.807) is 20.5 Å². The molecule has 4 nitrogen and oxygen atoms in total. The Morgan fingerprint density at radius 2 is 1.69 bits per heavy atom. The second-order valence-corrected chi connectivity index (χ2v) is 6.59. The van der Waals surface area contributed by atoms with Gasteiger partial charge in [0.25, 0.3) is 0 Å². The maximum absolute atomic E-state index is 5.60. The summed E-state index contributed by atoms with van der Waals surface area (Å²) in [6.45, 7) is 1.62. The minimum Gasteiger partial charge on any atom is -0.493 e. The molecule has 0 aliphatic carbocycles. The van der Waals surface area contributed by atoms with Crippen LogP contribution >= 0.6 is 0 Å². The van der Waals surface area contributed by atoms with Crippen molar-refractivity contribution < 1.29 is 13.9 Å². The molecular weight excluding hydrogens is 326 g/mol. The topological polar surface area (TPSA) is 34.8 Å². The zero-order chi connectivity index (χ0) is 17.9. The number of benzene rings is 2. The number of nitrogens with zero attached hydrogens (tertiary/aromatic N) is 1. The molecule has 0 saturated heterocycles. The van der Waals surface area contributed by atoms with Gasteiger partial charge < -0.3 is 13.9 Å². The summed E-state index contributed by atoms with van der Waals surface area (Å²) in [5, 5.41) is 0. The first-order chi connectivity index (χ1) is 12.8. The van der Waals surface area contributed by atoms with Gasteiger partial charge in [-0.15, -0.1) is 0 Å². The number of furan rings is 1. The molecular formula is C22H23NO3. The fourth-order valence-corrected chi connectivity index (χ4v) is 3.74. The average Bonchev–Trinajstić information content (AvgIpc) is 3.20. The van der Waals surface area contributed by atoms with Crippen molar-refractivity contribution in [2.75, 3.05) is 14.2 Å². The largest absolute Gasteiger partial charge is 0.493 e. The van der Waals surface area contributed by atoms with E-state index in [1.165, 1.54) is 16.7 Å². The predicted octanol–water partition coefficient (Wildman–Crippen LogP) is 4.60. The Morgan fingerprint density at radius 3 is 2.35 bits per heavy atom. The highest BCUT2D eigenvalue weighted by Gasteiger charge is 2.29. The van der Waals surface area contributed by atoms with E-state index in [2.05, 4.69) is 47.4 Å². The third-order valence-corrected chi connectivity index (χ3v) is 5.06. The Morgan fingerprint density at radius 1 is 0.962 bits per heavy atom. The molecule has 0 amide bonds. The molecule has 1 aliphatic heterocycles. The maximum atomic E-state index is 5.60. The van der Waals surface area contributed by atoms with E-state index in [-0.39, 0.29) is 0 Å². The zero-order valence-electron chi connectivity index (χ0n) is 15.1. The van der Waals surface area contributed by atoms with Crippen LogP contribution in [0.5, 0.6) is 11.5 Å². The molecule has 2 heterocycles. The van der Waals surface area contributed by atoms with Crippen molar-refractivity contribution in [3.8, 4) is 11.5 Å². The van der Waals surface area contributed by atoms with Crippen molar-refractivity contribution >= 4 is 0 Å².